The van der Waals surface area contributed by atoms with Crippen LogP contribution >= 0.6 is 0 Å². The molecule has 6 nitrogen and oxygen atoms in total. The Kier molecular flexibility index (Phi) is 5.41. The first-order chi connectivity index (χ1) is 13.6. The van der Waals surface area contributed by atoms with Crippen LogP contribution < -0.4 is 10.1 Å². The van der Waals surface area contributed by atoms with E-state index in [4.69, 9.17) is 9.26 Å². The van der Waals surface area contributed by atoms with E-state index in [0.29, 0.717) is 17.8 Å². The fourth-order valence-electron chi connectivity index (χ4n) is 3.63. The Morgan fingerprint density at radius 2 is 1.89 bits per heavy atom. The van der Waals surface area contributed by atoms with E-state index in [1.807, 2.05) is 24.3 Å². The highest BCUT2D eigenvalue weighted by molar-refractivity contribution is 5.55. The topological polar surface area (TPSA) is 63.4 Å². The number of nitrogens with one attached hydrogen (secondary N) is 1. The normalized spacial score (nSPS) is 19.8. The molecule has 0 spiro atoms. The molecule has 1 saturated heterocycles. The number of ether oxygens (including phenoxy) is 1. The summed E-state index contributed by atoms with van der Waals surface area (Å²) in [4.78, 5) is 6.92. The van der Waals surface area contributed by atoms with Gasteiger partial charge in [-0.2, -0.15) is 4.98 Å². The second kappa shape index (κ2) is 8.12. The van der Waals surface area contributed by atoms with E-state index >= 15 is 0 Å². The van der Waals surface area contributed by atoms with Crippen LogP contribution in [0, 0.1) is 6.92 Å². The lowest BCUT2D eigenvalue weighted by atomic mass is 10.1. The molecule has 4 rings (SSSR count). The molecule has 0 saturated carbocycles. The van der Waals surface area contributed by atoms with Gasteiger partial charge in [0.05, 0.1) is 13.2 Å². The average molecular weight is 378 g/mol. The summed E-state index contributed by atoms with van der Waals surface area (Å²) in [5.41, 5.74) is 3.51. The number of aromatic nitrogens is 2. The zero-order chi connectivity index (χ0) is 19.5. The molecule has 1 aromatic heterocycles. The van der Waals surface area contributed by atoms with Gasteiger partial charge in [-0.05, 0) is 50.2 Å². The Balaban J connectivity index is 1.39. The summed E-state index contributed by atoms with van der Waals surface area (Å²) < 4.78 is 10.8. The molecule has 0 bridgehead atoms. The predicted octanol–water partition coefficient (Wildman–Crippen LogP) is 3.59. The second-order valence-corrected chi connectivity index (χ2v) is 7.44. The summed E-state index contributed by atoms with van der Waals surface area (Å²) in [6.45, 7) is 3.93. The van der Waals surface area contributed by atoms with Crippen molar-refractivity contribution in [2.75, 3.05) is 20.7 Å². The molecular formula is C22H26N4O2. The molecule has 0 radical (unpaired) electrons. The van der Waals surface area contributed by atoms with E-state index in [9.17, 15) is 0 Å². The molecule has 1 aliphatic heterocycles. The fraction of sp³-hybridized carbons (Fsp3) is 0.364. The van der Waals surface area contributed by atoms with Crippen LogP contribution in [0.3, 0.4) is 0 Å². The molecule has 1 fully saturated rings. The third kappa shape index (κ3) is 4.08. The van der Waals surface area contributed by atoms with Crippen molar-refractivity contribution in [3.05, 3.63) is 65.5 Å². The Hall–Kier alpha value is -2.70. The van der Waals surface area contributed by atoms with Crippen molar-refractivity contribution >= 4 is 0 Å². The van der Waals surface area contributed by atoms with Crippen LogP contribution in [-0.2, 0) is 6.54 Å². The number of likely N-dealkylation sites (tertiary alicyclic amines) is 1. The van der Waals surface area contributed by atoms with Gasteiger partial charge in [0, 0.05) is 24.7 Å². The van der Waals surface area contributed by atoms with E-state index in [0.717, 1.165) is 30.8 Å². The molecule has 0 amide bonds. The number of likely N-dealkylation sites (N-methyl/N-ethyl adjacent to an activating group) is 1. The largest absolute Gasteiger partial charge is 0.497 e. The van der Waals surface area contributed by atoms with E-state index in [-0.39, 0.29) is 6.04 Å². The van der Waals surface area contributed by atoms with E-state index in [1.54, 1.807) is 7.11 Å². The van der Waals surface area contributed by atoms with Crippen molar-refractivity contribution in [1.82, 2.24) is 20.4 Å². The van der Waals surface area contributed by atoms with Crippen LogP contribution in [0.2, 0.25) is 0 Å². The first kappa shape index (κ1) is 18.7. The van der Waals surface area contributed by atoms with Crippen LogP contribution in [0.1, 0.15) is 29.5 Å². The highest BCUT2D eigenvalue weighted by Gasteiger charge is 2.34. The molecule has 2 heterocycles. The number of hydrogen-bond acceptors (Lipinski definition) is 6. The van der Waals surface area contributed by atoms with Gasteiger partial charge in [0.2, 0.25) is 11.7 Å². The van der Waals surface area contributed by atoms with Gasteiger partial charge in [-0.25, -0.2) is 0 Å². The van der Waals surface area contributed by atoms with Gasteiger partial charge in [-0.3, -0.25) is 4.90 Å². The maximum atomic E-state index is 5.59. The third-order valence-corrected chi connectivity index (χ3v) is 5.34. The van der Waals surface area contributed by atoms with Gasteiger partial charge in [0.15, 0.2) is 0 Å². The molecule has 6 heteroatoms. The Morgan fingerprint density at radius 1 is 1.14 bits per heavy atom. The first-order valence-electron chi connectivity index (χ1n) is 9.59. The monoisotopic (exact) mass is 378 g/mol. The minimum atomic E-state index is 0.134. The Labute approximate surface area is 165 Å². The van der Waals surface area contributed by atoms with Crippen molar-refractivity contribution in [2.24, 2.45) is 0 Å². The molecule has 146 valence electrons. The fourth-order valence-corrected chi connectivity index (χ4v) is 3.63. The number of methoxy groups -OCH3 is 1. The smallest absolute Gasteiger partial charge is 0.244 e. The number of benzene rings is 2. The molecule has 2 atom stereocenters. The van der Waals surface area contributed by atoms with Gasteiger partial charge in [-0.15, -0.1) is 0 Å². The molecule has 1 N–H and O–H groups in total. The number of nitrogens with zero attached hydrogens (tertiary/aromatic N) is 3. The lowest BCUT2D eigenvalue weighted by Gasteiger charge is -2.14. The van der Waals surface area contributed by atoms with Crippen molar-refractivity contribution in [3.8, 4) is 17.1 Å². The van der Waals surface area contributed by atoms with Crippen molar-refractivity contribution in [1.29, 1.82) is 0 Å². The lowest BCUT2D eigenvalue weighted by Crippen LogP contribution is -2.30. The van der Waals surface area contributed by atoms with Crippen LogP contribution in [0.15, 0.2) is 53.1 Å². The number of rotatable bonds is 6. The highest BCUT2D eigenvalue weighted by Crippen LogP contribution is 2.31. The zero-order valence-corrected chi connectivity index (χ0v) is 16.6. The van der Waals surface area contributed by atoms with E-state index in [1.165, 1.54) is 11.1 Å². The standard InChI is InChI=1S/C22H26N4O2/c1-15-4-6-16(7-5-15)13-23-18-12-20(26(2)14-18)22-24-21(25-28-22)17-8-10-19(27-3)11-9-17/h4-11,18,20,23H,12-14H2,1-3H3. The van der Waals surface area contributed by atoms with Crippen molar-refractivity contribution < 1.29 is 9.26 Å². The van der Waals surface area contributed by atoms with Crippen LogP contribution in [0.4, 0.5) is 0 Å². The van der Waals surface area contributed by atoms with E-state index in [2.05, 4.69) is 58.6 Å². The first-order valence-corrected chi connectivity index (χ1v) is 9.59. The van der Waals surface area contributed by atoms with Gasteiger partial charge in [-0.1, -0.05) is 35.0 Å². The molecule has 3 aromatic rings. The lowest BCUT2D eigenvalue weighted by molar-refractivity contribution is 0.244. The number of hydrogen-bond donors (Lipinski definition) is 1. The minimum absolute atomic E-state index is 0.134. The molecule has 2 aromatic carbocycles. The molecule has 1 aliphatic rings. The van der Waals surface area contributed by atoms with Crippen molar-refractivity contribution in [3.63, 3.8) is 0 Å². The average Bonchev–Trinajstić information content (AvgIpc) is 3.34. The number of aryl methyl sites for hydroxylation is 1. The summed E-state index contributed by atoms with van der Waals surface area (Å²) >= 11 is 0. The van der Waals surface area contributed by atoms with Gasteiger partial charge < -0.3 is 14.6 Å². The maximum absolute atomic E-state index is 5.59. The van der Waals surface area contributed by atoms with Crippen LogP contribution in [0.25, 0.3) is 11.4 Å². The van der Waals surface area contributed by atoms with Crippen molar-refractivity contribution in [2.45, 2.75) is 32.0 Å². The summed E-state index contributed by atoms with van der Waals surface area (Å²) in [7, 11) is 3.76. The van der Waals surface area contributed by atoms with E-state index < -0.39 is 0 Å². The highest BCUT2D eigenvalue weighted by atomic mass is 16.5. The SMILES string of the molecule is COc1ccc(-c2noc(C3CC(NCc4ccc(C)cc4)CN3C)n2)cc1. The molecule has 2 unspecified atom stereocenters. The minimum Gasteiger partial charge on any atom is -0.497 e. The molecule has 0 aliphatic carbocycles. The summed E-state index contributed by atoms with van der Waals surface area (Å²) in [6.07, 6.45) is 0.951. The van der Waals surface area contributed by atoms with Crippen LogP contribution in [-0.4, -0.2) is 41.8 Å². The second-order valence-electron chi connectivity index (χ2n) is 7.44. The van der Waals surface area contributed by atoms with Gasteiger partial charge >= 0.3 is 0 Å². The summed E-state index contributed by atoms with van der Waals surface area (Å²) in [5, 5.41) is 7.83. The Morgan fingerprint density at radius 3 is 2.61 bits per heavy atom. The zero-order valence-electron chi connectivity index (χ0n) is 16.6. The maximum Gasteiger partial charge on any atom is 0.244 e. The van der Waals surface area contributed by atoms with Crippen LogP contribution in [0.5, 0.6) is 5.75 Å². The third-order valence-electron chi connectivity index (χ3n) is 5.34. The molecule has 28 heavy (non-hydrogen) atoms. The predicted molar refractivity (Wildman–Crippen MR) is 108 cm³/mol. The quantitative estimate of drug-likeness (QED) is 0.707. The summed E-state index contributed by atoms with van der Waals surface area (Å²) in [6, 6.07) is 16.9. The van der Waals surface area contributed by atoms with Gasteiger partial charge in [0.25, 0.3) is 0 Å². The van der Waals surface area contributed by atoms with Gasteiger partial charge in [0.1, 0.15) is 5.75 Å². The molecular weight excluding hydrogens is 352 g/mol. The summed E-state index contributed by atoms with van der Waals surface area (Å²) in [5.74, 6) is 2.10. The Bertz CT molecular complexity index is 905.